The van der Waals surface area contributed by atoms with Gasteiger partial charge in [0.2, 0.25) is 0 Å². The summed E-state index contributed by atoms with van der Waals surface area (Å²) < 4.78 is 19.1. The highest BCUT2D eigenvalue weighted by molar-refractivity contribution is 6.30. The summed E-state index contributed by atoms with van der Waals surface area (Å²) in [7, 11) is 0. The van der Waals surface area contributed by atoms with Crippen LogP contribution in [-0.4, -0.2) is 4.92 Å². The summed E-state index contributed by atoms with van der Waals surface area (Å²) in [4.78, 5) is 9.85. The lowest BCUT2D eigenvalue weighted by atomic mass is 10.2. The van der Waals surface area contributed by atoms with E-state index in [9.17, 15) is 14.5 Å². The minimum atomic E-state index is -0.822. The summed E-state index contributed by atoms with van der Waals surface area (Å²) in [6.45, 7) is 0.171. The third-order valence-electron chi connectivity index (χ3n) is 2.59. The zero-order chi connectivity index (χ0) is 14.7. The molecule has 0 aliphatic heterocycles. The zero-order valence-corrected chi connectivity index (χ0v) is 10.9. The molecule has 2 aromatic carbocycles. The zero-order valence-electron chi connectivity index (χ0n) is 10.2. The van der Waals surface area contributed by atoms with Crippen LogP contribution < -0.4 is 10.5 Å². The minimum absolute atomic E-state index is 0.118. The number of benzene rings is 2. The smallest absolute Gasteiger partial charge is 0.272 e. The van der Waals surface area contributed by atoms with Gasteiger partial charge >= 0.3 is 0 Å². The molecule has 7 heteroatoms. The number of nitro benzene ring substituents is 1. The van der Waals surface area contributed by atoms with E-state index in [2.05, 4.69) is 0 Å². The van der Waals surface area contributed by atoms with Crippen LogP contribution in [0.2, 0.25) is 5.02 Å². The van der Waals surface area contributed by atoms with E-state index in [1.807, 2.05) is 0 Å². The van der Waals surface area contributed by atoms with Crippen molar-refractivity contribution >= 4 is 17.3 Å². The topological polar surface area (TPSA) is 78.4 Å². The molecule has 104 valence electrons. The molecule has 2 aromatic rings. The molecule has 0 aliphatic carbocycles. The highest BCUT2D eigenvalue weighted by Crippen LogP contribution is 2.30. The van der Waals surface area contributed by atoms with Gasteiger partial charge < -0.3 is 10.5 Å². The summed E-state index contributed by atoms with van der Waals surface area (Å²) >= 11 is 5.83. The summed E-state index contributed by atoms with van der Waals surface area (Å²) in [6, 6.07) is 7.91. The van der Waals surface area contributed by atoms with Gasteiger partial charge in [-0.15, -0.1) is 0 Å². The molecule has 5 nitrogen and oxygen atoms in total. The molecule has 0 heterocycles. The predicted molar refractivity (Wildman–Crippen MR) is 72.5 cm³/mol. The van der Waals surface area contributed by atoms with Crippen molar-refractivity contribution in [1.29, 1.82) is 0 Å². The second kappa shape index (κ2) is 5.85. The number of hydrogen-bond acceptors (Lipinski definition) is 4. The fourth-order valence-corrected chi connectivity index (χ4v) is 1.81. The molecular formula is C13H10ClFN2O3. The van der Waals surface area contributed by atoms with Gasteiger partial charge in [-0.3, -0.25) is 10.1 Å². The molecule has 2 N–H and O–H groups in total. The molecule has 0 amide bonds. The lowest BCUT2D eigenvalue weighted by Crippen LogP contribution is -2.00. The number of rotatable bonds is 4. The third-order valence-corrected chi connectivity index (χ3v) is 2.82. The van der Waals surface area contributed by atoms with Crippen molar-refractivity contribution in [3.63, 3.8) is 0 Å². The summed E-state index contributed by atoms with van der Waals surface area (Å²) in [5.41, 5.74) is 5.82. The van der Waals surface area contributed by atoms with Crippen molar-refractivity contribution < 1.29 is 14.1 Å². The monoisotopic (exact) mass is 296 g/mol. The number of nitrogens with two attached hydrogens (primary N) is 1. The van der Waals surface area contributed by atoms with E-state index in [4.69, 9.17) is 22.1 Å². The van der Waals surface area contributed by atoms with Crippen LogP contribution in [0.3, 0.4) is 0 Å². The molecule has 0 fully saturated rings. The van der Waals surface area contributed by atoms with Crippen LogP contribution in [0.4, 0.5) is 10.1 Å². The molecule has 0 saturated heterocycles. The van der Waals surface area contributed by atoms with E-state index in [1.54, 1.807) is 18.2 Å². The first-order valence-corrected chi connectivity index (χ1v) is 5.99. The first-order chi connectivity index (χ1) is 9.51. The molecule has 0 spiro atoms. The summed E-state index contributed by atoms with van der Waals surface area (Å²) in [5.74, 6) is -0.589. The number of nitro groups is 1. The number of ether oxygens (including phenoxy) is 1. The SMILES string of the molecule is NCc1cc(Cl)ccc1Oc1ccc([N+](=O)[O-])cc1F. The van der Waals surface area contributed by atoms with E-state index >= 15 is 0 Å². The Bertz CT molecular complexity index is 664. The molecule has 0 unspecified atom stereocenters. The van der Waals surface area contributed by atoms with Gasteiger partial charge in [0.05, 0.1) is 11.0 Å². The molecule has 0 saturated carbocycles. The summed E-state index contributed by atoms with van der Waals surface area (Å²) in [5, 5.41) is 11.0. The first kappa shape index (κ1) is 14.2. The molecule has 0 bridgehead atoms. The quantitative estimate of drug-likeness (QED) is 0.690. The molecule has 2 rings (SSSR count). The standard InChI is InChI=1S/C13H10ClFN2O3/c14-9-1-3-12(8(5-9)7-16)20-13-4-2-10(17(18)19)6-11(13)15/h1-6H,7,16H2. The van der Waals surface area contributed by atoms with E-state index in [-0.39, 0.29) is 18.0 Å². The predicted octanol–water partition coefficient (Wildman–Crippen LogP) is 3.64. The highest BCUT2D eigenvalue weighted by atomic mass is 35.5. The van der Waals surface area contributed by atoms with Gasteiger partial charge in [-0.1, -0.05) is 11.6 Å². The number of hydrogen-bond donors (Lipinski definition) is 1. The Kier molecular flexibility index (Phi) is 4.16. The van der Waals surface area contributed by atoms with Crippen LogP contribution in [0.15, 0.2) is 36.4 Å². The fourth-order valence-electron chi connectivity index (χ4n) is 1.61. The normalized spacial score (nSPS) is 10.3. The van der Waals surface area contributed by atoms with Gasteiger partial charge in [-0.05, 0) is 24.3 Å². The van der Waals surface area contributed by atoms with E-state index in [0.29, 0.717) is 16.3 Å². The van der Waals surface area contributed by atoms with Crippen LogP contribution in [0.5, 0.6) is 11.5 Å². The Balaban J connectivity index is 2.33. The van der Waals surface area contributed by atoms with Gasteiger partial charge in [-0.2, -0.15) is 0 Å². The van der Waals surface area contributed by atoms with Gasteiger partial charge in [0.15, 0.2) is 11.6 Å². The van der Waals surface area contributed by atoms with Gasteiger partial charge in [-0.25, -0.2) is 4.39 Å². The van der Waals surface area contributed by atoms with Crippen molar-refractivity contribution in [1.82, 2.24) is 0 Å². The van der Waals surface area contributed by atoms with Gasteiger partial charge in [0.25, 0.3) is 5.69 Å². The Labute approximate surface area is 118 Å². The lowest BCUT2D eigenvalue weighted by Gasteiger charge is -2.10. The van der Waals surface area contributed by atoms with Crippen molar-refractivity contribution in [3.05, 3.63) is 62.9 Å². The molecule has 0 aromatic heterocycles. The Hall–Kier alpha value is -2.18. The maximum Gasteiger partial charge on any atom is 0.272 e. The average Bonchev–Trinajstić information content (AvgIpc) is 2.42. The van der Waals surface area contributed by atoms with Crippen molar-refractivity contribution in [2.24, 2.45) is 5.73 Å². The molecule has 0 atom stereocenters. The lowest BCUT2D eigenvalue weighted by molar-refractivity contribution is -0.385. The maximum absolute atomic E-state index is 13.7. The number of nitrogens with zero attached hydrogens (tertiary/aromatic N) is 1. The Morgan fingerprint density at radius 1 is 1.25 bits per heavy atom. The second-order valence-electron chi connectivity index (χ2n) is 3.93. The van der Waals surface area contributed by atoms with Crippen LogP contribution >= 0.6 is 11.6 Å². The van der Waals surface area contributed by atoms with Crippen molar-refractivity contribution in [3.8, 4) is 11.5 Å². The van der Waals surface area contributed by atoms with E-state index in [1.165, 1.54) is 6.07 Å². The molecular weight excluding hydrogens is 287 g/mol. The summed E-state index contributed by atoms with van der Waals surface area (Å²) in [6.07, 6.45) is 0. The van der Waals surface area contributed by atoms with Crippen molar-refractivity contribution in [2.75, 3.05) is 0 Å². The van der Waals surface area contributed by atoms with Crippen LogP contribution in [0.25, 0.3) is 0 Å². The number of non-ortho nitro benzene ring substituents is 1. The molecule has 20 heavy (non-hydrogen) atoms. The largest absolute Gasteiger partial charge is 0.454 e. The van der Waals surface area contributed by atoms with Gasteiger partial charge in [0.1, 0.15) is 5.75 Å². The molecule has 0 aliphatic rings. The van der Waals surface area contributed by atoms with Crippen LogP contribution in [0.1, 0.15) is 5.56 Å². The average molecular weight is 297 g/mol. The van der Waals surface area contributed by atoms with Crippen LogP contribution in [-0.2, 0) is 6.54 Å². The molecule has 0 radical (unpaired) electrons. The third kappa shape index (κ3) is 3.04. The number of halogens is 2. The maximum atomic E-state index is 13.7. The van der Waals surface area contributed by atoms with Crippen LogP contribution in [0, 0.1) is 15.9 Å². The highest BCUT2D eigenvalue weighted by Gasteiger charge is 2.13. The van der Waals surface area contributed by atoms with Gasteiger partial charge in [0, 0.05) is 23.2 Å². The van der Waals surface area contributed by atoms with Crippen molar-refractivity contribution in [2.45, 2.75) is 6.54 Å². The Morgan fingerprint density at radius 2 is 1.95 bits per heavy atom. The minimum Gasteiger partial charge on any atom is -0.454 e. The fraction of sp³-hybridized carbons (Fsp3) is 0.0769. The first-order valence-electron chi connectivity index (χ1n) is 5.61. The Morgan fingerprint density at radius 3 is 2.55 bits per heavy atom. The van der Waals surface area contributed by atoms with E-state index in [0.717, 1.165) is 12.1 Å². The second-order valence-corrected chi connectivity index (χ2v) is 4.37. The van der Waals surface area contributed by atoms with E-state index < -0.39 is 10.7 Å².